The van der Waals surface area contributed by atoms with Gasteiger partial charge in [0, 0.05) is 17.5 Å². The van der Waals surface area contributed by atoms with E-state index in [9.17, 15) is 18.0 Å². The number of carbonyl (C=O) groups excluding carboxylic acids is 1. The molecule has 152 valence electrons. The maximum absolute atomic E-state index is 12.7. The molecule has 0 spiro atoms. The van der Waals surface area contributed by atoms with Crippen LogP contribution < -0.4 is 5.32 Å². The average Bonchev–Trinajstić information content (AvgIpc) is 3.01. The van der Waals surface area contributed by atoms with E-state index in [1.165, 1.54) is 12.1 Å². The number of rotatable bonds is 3. The van der Waals surface area contributed by atoms with E-state index in [1.807, 2.05) is 30.5 Å². The molecule has 30 heavy (non-hydrogen) atoms. The van der Waals surface area contributed by atoms with Crippen LogP contribution in [0.1, 0.15) is 27.3 Å². The Morgan fingerprint density at radius 2 is 1.50 bits per heavy atom. The van der Waals surface area contributed by atoms with Gasteiger partial charge in [-0.1, -0.05) is 24.3 Å². The number of pyridine rings is 1. The van der Waals surface area contributed by atoms with Crippen molar-refractivity contribution in [2.45, 2.75) is 20.0 Å². The van der Waals surface area contributed by atoms with Crippen molar-refractivity contribution in [1.82, 2.24) is 9.38 Å². The smallest absolute Gasteiger partial charge is 0.321 e. The molecule has 0 atom stereocenters. The minimum atomic E-state index is -4.36. The van der Waals surface area contributed by atoms with Gasteiger partial charge in [0.2, 0.25) is 0 Å². The van der Waals surface area contributed by atoms with Gasteiger partial charge >= 0.3 is 6.18 Å². The summed E-state index contributed by atoms with van der Waals surface area (Å²) >= 11 is 0. The molecule has 1 amide bonds. The third-order valence-corrected chi connectivity index (χ3v) is 5.04. The fourth-order valence-electron chi connectivity index (χ4n) is 3.22. The largest absolute Gasteiger partial charge is 0.416 e. The zero-order chi connectivity index (χ0) is 21.5. The van der Waals surface area contributed by atoms with E-state index in [0.717, 1.165) is 34.7 Å². The second-order valence-corrected chi connectivity index (χ2v) is 7.04. The molecule has 2 heterocycles. The highest BCUT2D eigenvalue weighted by Gasteiger charge is 2.29. The molecule has 2 aromatic carbocycles. The summed E-state index contributed by atoms with van der Waals surface area (Å²) in [6.07, 6.45) is -2.55. The van der Waals surface area contributed by atoms with Crippen molar-refractivity contribution >= 4 is 17.2 Å². The average molecular weight is 409 g/mol. The lowest BCUT2D eigenvalue weighted by atomic mass is 10.0. The number of anilines is 1. The molecule has 0 radical (unpaired) electrons. The highest BCUT2D eigenvalue weighted by Crippen LogP contribution is 2.31. The van der Waals surface area contributed by atoms with E-state index < -0.39 is 11.7 Å². The number of hydrogen-bond donors (Lipinski definition) is 1. The summed E-state index contributed by atoms with van der Waals surface area (Å²) in [5.74, 6) is -0.275. The first kappa shape index (κ1) is 19.7. The molecular weight excluding hydrogens is 391 g/mol. The van der Waals surface area contributed by atoms with Gasteiger partial charge in [0.1, 0.15) is 5.65 Å². The molecule has 0 aliphatic heterocycles. The van der Waals surface area contributed by atoms with Gasteiger partial charge in [0.05, 0.1) is 16.9 Å². The molecular formula is C23H18F3N3O. The zero-order valence-corrected chi connectivity index (χ0v) is 16.3. The Balaban J connectivity index is 1.51. The number of carbonyl (C=O) groups is 1. The quantitative estimate of drug-likeness (QED) is 0.459. The van der Waals surface area contributed by atoms with Crippen molar-refractivity contribution in [1.29, 1.82) is 0 Å². The summed E-state index contributed by atoms with van der Waals surface area (Å²) in [7, 11) is 0. The van der Waals surface area contributed by atoms with Crippen LogP contribution in [-0.4, -0.2) is 15.3 Å². The molecule has 4 aromatic rings. The lowest BCUT2D eigenvalue weighted by molar-refractivity contribution is -0.137. The zero-order valence-electron chi connectivity index (χ0n) is 16.3. The summed E-state index contributed by atoms with van der Waals surface area (Å²) in [5, 5.41) is 2.86. The molecule has 0 saturated carbocycles. The predicted molar refractivity (Wildman–Crippen MR) is 109 cm³/mol. The minimum Gasteiger partial charge on any atom is -0.321 e. The van der Waals surface area contributed by atoms with Gasteiger partial charge in [-0.25, -0.2) is 4.98 Å². The van der Waals surface area contributed by atoms with E-state index in [4.69, 9.17) is 0 Å². The Hall–Kier alpha value is -3.61. The number of amides is 1. The van der Waals surface area contributed by atoms with Crippen molar-refractivity contribution in [2.75, 3.05) is 5.32 Å². The first-order valence-corrected chi connectivity index (χ1v) is 9.27. The number of hydrogen-bond acceptors (Lipinski definition) is 2. The second kappa shape index (κ2) is 7.33. The third-order valence-electron chi connectivity index (χ3n) is 5.04. The summed E-state index contributed by atoms with van der Waals surface area (Å²) < 4.78 is 40.0. The number of nitrogens with zero attached hydrogens (tertiary/aromatic N) is 2. The van der Waals surface area contributed by atoms with Gasteiger partial charge in [0.15, 0.2) is 0 Å². The number of benzene rings is 2. The monoisotopic (exact) mass is 409 g/mol. The second-order valence-electron chi connectivity index (χ2n) is 7.04. The Morgan fingerprint density at radius 3 is 2.10 bits per heavy atom. The van der Waals surface area contributed by atoms with Crippen molar-refractivity contribution in [2.24, 2.45) is 0 Å². The third kappa shape index (κ3) is 3.78. The molecule has 0 unspecified atom stereocenters. The van der Waals surface area contributed by atoms with Crippen LogP contribution in [0.25, 0.3) is 16.8 Å². The Labute approximate surface area is 171 Å². The maximum Gasteiger partial charge on any atom is 0.416 e. The molecule has 0 bridgehead atoms. The number of imidazole rings is 1. The fourth-order valence-corrected chi connectivity index (χ4v) is 3.22. The van der Waals surface area contributed by atoms with E-state index in [1.54, 1.807) is 30.3 Å². The molecule has 0 aliphatic carbocycles. The molecule has 4 nitrogen and oxygen atoms in total. The first-order chi connectivity index (χ1) is 14.2. The maximum atomic E-state index is 12.7. The molecule has 0 fully saturated rings. The van der Waals surface area contributed by atoms with Crippen molar-refractivity contribution in [3.8, 4) is 11.1 Å². The van der Waals surface area contributed by atoms with Crippen molar-refractivity contribution in [3.05, 3.63) is 89.4 Å². The van der Waals surface area contributed by atoms with E-state index >= 15 is 0 Å². The number of fused-ring (bicyclic) bond motifs is 1. The predicted octanol–water partition coefficient (Wildman–Crippen LogP) is 5.89. The van der Waals surface area contributed by atoms with Gasteiger partial charge < -0.3 is 9.72 Å². The Bertz CT molecular complexity index is 1220. The van der Waals surface area contributed by atoms with Gasteiger partial charge in [-0.15, -0.1) is 0 Å². The first-order valence-electron chi connectivity index (χ1n) is 9.27. The molecule has 0 aliphatic rings. The number of nitrogens with one attached hydrogen (secondary N) is 1. The van der Waals surface area contributed by atoms with Gasteiger partial charge in [0.25, 0.3) is 5.91 Å². The minimum absolute atomic E-state index is 0.275. The van der Waals surface area contributed by atoms with Crippen LogP contribution in [-0.2, 0) is 6.18 Å². The van der Waals surface area contributed by atoms with Gasteiger partial charge in [-0.3, -0.25) is 4.79 Å². The van der Waals surface area contributed by atoms with E-state index in [2.05, 4.69) is 10.3 Å². The molecule has 1 N–H and O–H groups in total. The normalized spacial score (nSPS) is 11.6. The van der Waals surface area contributed by atoms with E-state index in [-0.39, 0.29) is 5.91 Å². The van der Waals surface area contributed by atoms with Crippen LogP contribution in [0.15, 0.2) is 66.9 Å². The number of halogens is 3. The Morgan fingerprint density at radius 1 is 0.900 bits per heavy atom. The van der Waals surface area contributed by atoms with E-state index in [0.29, 0.717) is 16.8 Å². The lowest BCUT2D eigenvalue weighted by Gasteiger charge is -2.09. The fraction of sp³-hybridized carbons (Fsp3) is 0.130. The standard InChI is InChI=1S/C23H18F3N3O/c1-14-15(2)29-13-20(11-12-21(29)27-14)28-22(30)18-5-3-16(4-6-18)17-7-9-19(10-8-17)23(24,25)26/h3-13H,1-2H3,(H,28,30). The van der Waals surface area contributed by atoms with Crippen LogP contribution in [0.3, 0.4) is 0 Å². The topological polar surface area (TPSA) is 46.4 Å². The Kier molecular flexibility index (Phi) is 4.81. The van der Waals surface area contributed by atoms with Crippen LogP contribution in [0.2, 0.25) is 0 Å². The lowest BCUT2D eigenvalue weighted by Crippen LogP contribution is -2.12. The van der Waals surface area contributed by atoms with Crippen molar-refractivity contribution in [3.63, 3.8) is 0 Å². The van der Waals surface area contributed by atoms with Gasteiger partial charge in [-0.05, 0) is 61.4 Å². The van der Waals surface area contributed by atoms with Crippen LogP contribution >= 0.6 is 0 Å². The molecule has 7 heteroatoms. The number of aromatic nitrogens is 2. The van der Waals surface area contributed by atoms with Gasteiger partial charge in [-0.2, -0.15) is 13.2 Å². The highest BCUT2D eigenvalue weighted by molar-refractivity contribution is 6.04. The molecule has 0 saturated heterocycles. The molecule has 4 rings (SSSR count). The van der Waals surface area contributed by atoms with Crippen LogP contribution in [0.5, 0.6) is 0 Å². The molecule has 2 aromatic heterocycles. The van der Waals surface area contributed by atoms with Crippen molar-refractivity contribution < 1.29 is 18.0 Å². The van der Waals surface area contributed by atoms with Crippen LogP contribution in [0.4, 0.5) is 18.9 Å². The SMILES string of the molecule is Cc1nc2ccc(NC(=O)c3ccc(-c4ccc(C(F)(F)F)cc4)cc3)cn2c1C. The van der Waals surface area contributed by atoms with Crippen LogP contribution in [0, 0.1) is 13.8 Å². The highest BCUT2D eigenvalue weighted by atomic mass is 19.4. The summed E-state index contributed by atoms with van der Waals surface area (Å²) in [6, 6.07) is 15.3. The number of aryl methyl sites for hydroxylation is 2. The summed E-state index contributed by atoms with van der Waals surface area (Å²) in [5.41, 5.74) is 4.51. The number of alkyl halides is 3. The summed E-state index contributed by atoms with van der Waals surface area (Å²) in [4.78, 5) is 17.0. The summed E-state index contributed by atoms with van der Waals surface area (Å²) in [6.45, 7) is 3.89.